The lowest BCUT2D eigenvalue weighted by Gasteiger charge is -1.99. The number of nitrogens with one attached hydrogen (secondary N) is 1. The van der Waals surface area contributed by atoms with Gasteiger partial charge in [0.2, 0.25) is 11.6 Å². The second-order valence-electron chi connectivity index (χ2n) is 5.46. The third kappa shape index (κ3) is 4.09. The maximum Gasteiger partial charge on any atom is 0.233 e. The molecule has 0 saturated heterocycles. The van der Waals surface area contributed by atoms with E-state index in [1.165, 1.54) is 11.3 Å². The summed E-state index contributed by atoms with van der Waals surface area (Å²) in [6.07, 6.45) is 1.93. The topological polar surface area (TPSA) is 49.9 Å². The number of aromatic nitrogens is 1. The van der Waals surface area contributed by atoms with E-state index in [1.54, 1.807) is 48.5 Å². The summed E-state index contributed by atoms with van der Waals surface area (Å²) in [6, 6.07) is 27.4. The van der Waals surface area contributed by atoms with Crippen molar-refractivity contribution in [3.63, 3.8) is 0 Å². The molecule has 0 unspecified atom stereocenters. The molecule has 1 aliphatic carbocycles. The molecule has 122 valence electrons. The van der Waals surface area contributed by atoms with Gasteiger partial charge >= 0.3 is 0 Å². The molecule has 0 saturated carbocycles. The van der Waals surface area contributed by atoms with Crippen LogP contribution in [0.2, 0.25) is 0 Å². The van der Waals surface area contributed by atoms with Crippen molar-refractivity contribution in [2.24, 2.45) is 0 Å². The van der Waals surface area contributed by atoms with Gasteiger partial charge in [0, 0.05) is 23.0 Å². The lowest BCUT2D eigenvalue weighted by atomic mass is 10.0. The van der Waals surface area contributed by atoms with Crippen molar-refractivity contribution in [1.29, 1.82) is 0 Å². The molecule has 2 aromatic rings. The summed E-state index contributed by atoms with van der Waals surface area (Å²) >= 11 is 0. The molecule has 0 amide bonds. The predicted octanol–water partition coefficient (Wildman–Crippen LogP) is 4.87. The molecule has 1 N–H and O–H groups in total. The van der Waals surface area contributed by atoms with Gasteiger partial charge in [0.1, 0.15) is 0 Å². The number of hydrogen-bond donors (Lipinski definition) is 1. The van der Waals surface area contributed by atoms with Crippen molar-refractivity contribution in [3.05, 3.63) is 108 Å². The molecule has 3 nitrogen and oxygen atoms in total. The molecule has 1 aliphatic heterocycles. The van der Waals surface area contributed by atoms with Crippen molar-refractivity contribution in [3.8, 4) is 11.3 Å². The Bertz CT molecular complexity index is 850. The summed E-state index contributed by atoms with van der Waals surface area (Å²) in [4.78, 5) is 26.7. The molecule has 2 aromatic carbocycles. The quantitative estimate of drug-likeness (QED) is 0.431. The smallest absolute Gasteiger partial charge is 0.233 e. The van der Waals surface area contributed by atoms with Crippen LogP contribution in [0.3, 0.4) is 0 Å². The van der Waals surface area contributed by atoms with Crippen molar-refractivity contribution in [2.75, 3.05) is 0 Å². The first-order valence-corrected chi connectivity index (χ1v) is 7.97. The standard InChI is InChI=1S/C14H10O2.C8H7N/c15-13(11-7-3-1-4-8-11)14(16)12-9-5-2-6-10-12;1-3-7-4-2-6-9-8(7)5-1/h1-10H;1-6,9H. The third-order valence-corrected chi connectivity index (χ3v) is 3.74. The van der Waals surface area contributed by atoms with Crippen molar-refractivity contribution in [2.45, 2.75) is 0 Å². The molecule has 0 fully saturated rings. The molecule has 0 atom stereocenters. The van der Waals surface area contributed by atoms with Gasteiger partial charge in [-0.25, -0.2) is 0 Å². The highest BCUT2D eigenvalue weighted by Crippen LogP contribution is 2.17. The first-order chi connectivity index (χ1) is 12.3. The van der Waals surface area contributed by atoms with E-state index in [4.69, 9.17) is 0 Å². The Labute approximate surface area is 146 Å². The van der Waals surface area contributed by atoms with Gasteiger partial charge < -0.3 is 4.98 Å². The number of benzene rings is 2. The largest absolute Gasteiger partial charge is 0.361 e. The summed E-state index contributed by atoms with van der Waals surface area (Å²) in [5, 5.41) is 0. The number of aromatic amines is 1. The number of rotatable bonds is 3. The molecule has 0 bridgehead atoms. The van der Waals surface area contributed by atoms with Gasteiger partial charge in [-0.05, 0) is 17.7 Å². The normalized spacial score (nSPS) is 9.92. The Balaban J connectivity index is 0.000000170. The maximum atomic E-state index is 11.8. The molecule has 0 spiro atoms. The molecule has 0 aromatic heterocycles. The Morgan fingerprint density at radius 2 is 1.08 bits per heavy atom. The van der Waals surface area contributed by atoms with E-state index in [0.717, 1.165) is 0 Å². The van der Waals surface area contributed by atoms with E-state index in [1.807, 2.05) is 30.5 Å². The SMILES string of the molecule is O=C(C(=O)c1ccccc1)c1ccccc1.c1c[nH]c2cccc-2c1. The van der Waals surface area contributed by atoms with Crippen LogP contribution in [0, 0.1) is 0 Å². The van der Waals surface area contributed by atoms with Gasteiger partial charge in [-0.1, -0.05) is 78.9 Å². The summed E-state index contributed by atoms with van der Waals surface area (Å²) in [5.74, 6) is -0.932. The highest BCUT2D eigenvalue weighted by atomic mass is 16.2. The molecule has 3 heteroatoms. The Morgan fingerprint density at radius 3 is 1.60 bits per heavy atom. The van der Waals surface area contributed by atoms with Gasteiger partial charge in [-0.3, -0.25) is 9.59 Å². The number of ketones is 2. The van der Waals surface area contributed by atoms with Crippen LogP contribution in [-0.4, -0.2) is 16.6 Å². The van der Waals surface area contributed by atoms with Crippen molar-refractivity contribution >= 4 is 11.6 Å². The van der Waals surface area contributed by atoms with Crippen LogP contribution in [0.1, 0.15) is 20.7 Å². The zero-order chi connectivity index (χ0) is 17.5. The number of fused-ring (bicyclic) bond motifs is 1. The van der Waals surface area contributed by atoms with E-state index >= 15 is 0 Å². The summed E-state index contributed by atoms with van der Waals surface area (Å²) in [5.41, 5.74) is 3.34. The Hall–Kier alpha value is -3.46. The van der Waals surface area contributed by atoms with Crippen LogP contribution in [0.25, 0.3) is 11.3 Å². The van der Waals surface area contributed by atoms with Crippen LogP contribution in [-0.2, 0) is 0 Å². The molecule has 25 heavy (non-hydrogen) atoms. The lowest BCUT2D eigenvalue weighted by Crippen LogP contribution is -2.14. The first-order valence-electron chi connectivity index (χ1n) is 7.97. The van der Waals surface area contributed by atoms with E-state index < -0.39 is 11.6 Å². The fourth-order valence-corrected chi connectivity index (χ4v) is 2.44. The maximum absolute atomic E-state index is 11.8. The highest BCUT2D eigenvalue weighted by Gasteiger charge is 2.17. The average Bonchev–Trinajstić information content (AvgIpc) is 3.17. The van der Waals surface area contributed by atoms with Crippen molar-refractivity contribution in [1.82, 2.24) is 4.98 Å². The zero-order valence-electron chi connectivity index (χ0n) is 13.6. The van der Waals surface area contributed by atoms with Crippen molar-refractivity contribution < 1.29 is 9.59 Å². The second kappa shape index (κ2) is 7.88. The van der Waals surface area contributed by atoms with Gasteiger partial charge in [-0.2, -0.15) is 0 Å². The van der Waals surface area contributed by atoms with Crippen LogP contribution in [0.4, 0.5) is 0 Å². The number of pyridine rings is 1. The zero-order valence-corrected chi connectivity index (χ0v) is 13.6. The van der Waals surface area contributed by atoms with E-state index in [-0.39, 0.29) is 0 Å². The molecule has 2 aliphatic rings. The van der Waals surface area contributed by atoms with Crippen LogP contribution in [0.15, 0.2) is 97.2 Å². The number of H-pyrrole nitrogens is 1. The molecule has 4 rings (SSSR count). The van der Waals surface area contributed by atoms with Gasteiger partial charge in [0.05, 0.1) is 0 Å². The van der Waals surface area contributed by atoms with Crippen LogP contribution < -0.4 is 0 Å². The number of Topliss-reactive ketones (excluding diaryl/α,β-unsaturated/α-hetero) is 2. The fraction of sp³-hybridized carbons (Fsp3) is 0. The fourth-order valence-electron chi connectivity index (χ4n) is 2.44. The average molecular weight is 327 g/mol. The summed E-state index contributed by atoms with van der Waals surface area (Å²) in [6.45, 7) is 0. The lowest BCUT2D eigenvalue weighted by molar-refractivity contribution is 0.0817. The third-order valence-electron chi connectivity index (χ3n) is 3.74. The first kappa shape index (κ1) is 16.4. The minimum atomic E-state index is -0.466. The Kier molecular flexibility index (Phi) is 5.17. The highest BCUT2D eigenvalue weighted by molar-refractivity contribution is 6.49. The molecular weight excluding hydrogens is 310 g/mol. The van der Waals surface area contributed by atoms with E-state index in [9.17, 15) is 9.59 Å². The van der Waals surface area contributed by atoms with E-state index in [2.05, 4.69) is 23.2 Å². The summed E-state index contributed by atoms with van der Waals surface area (Å²) in [7, 11) is 0. The monoisotopic (exact) mass is 327 g/mol. The summed E-state index contributed by atoms with van der Waals surface area (Å²) < 4.78 is 0. The van der Waals surface area contributed by atoms with Gasteiger partial charge in [0.25, 0.3) is 0 Å². The number of carbonyl (C=O) groups excluding carboxylic acids is 2. The number of hydrogen-bond acceptors (Lipinski definition) is 2. The minimum absolute atomic E-state index is 0.427. The molecule has 0 radical (unpaired) electrons. The van der Waals surface area contributed by atoms with E-state index in [0.29, 0.717) is 11.1 Å². The van der Waals surface area contributed by atoms with Gasteiger partial charge in [-0.15, -0.1) is 0 Å². The van der Waals surface area contributed by atoms with Gasteiger partial charge in [0.15, 0.2) is 0 Å². The molecular formula is C22H17NO2. The van der Waals surface area contributed by atoms with Crippen LogP contribution in [0.5, 0.6) is 0 Å². The Morgan fingerprint density at radius 1 is 0.560 bits per heavy atom. The predicted molar refractivity (Wildman–Crippen MR) is 99.0 cm³/mol. The minimum Gasteiger partial charge on any atom is -0.361 e. The second-order valence-corrected chi connectivity index (χ2v) is 5.46. The molecule has 1 heterocycles. The van der Waals surface area contributed by atoms with Crippen LogP contribution >= 0.6 is 0 Å². The number of carbonyl (C=O) groups is 2.